The standard InChI is InChI=1S/C15H21NO.ClH/c1-12-6-5-7-13(10-12)15(8-3-4-9-15)11-14(16)17-2;/h5-7,10,16H,3-4,8-9,11H2,1-2H3;1H. The average molecular weight is 268 g/mol. The minimum atomic E-state index is 0. The Hall–Kier alpha value is -1.02. The van der Waals surface area contributed by atoms with E-state index in [0.717, 1.165) is 6.42 Å². The minimum Gasteiger partial charge on any atom is -0.484 e. The van der Waals surface area contributed by atoms with Crippen LogP contribution in [0.3, 0.4) is 0 Å². The van der Waals surface area contributed by atoms with Crippen LogP contribution in [0.2, 0.25) is 0 Å². The van der Waals surface area contributed by atoms with Crippen LogP contribution >= 0.6 is 12.4 Å². The second-order valence-electron chi connectivity index (χ2n) is 5.16. The molecule has 0 radical (unpaired) electrons. The molecule has 2 rings (SSSR count). The highest BCUT2D eigenvalue weighted by atomic mass is 35.5. The molecule has 1 saturated carbocycles. The lowest BCUT2D eigenvalue weighted by molar-refractivity contribution is 0.350. The molecule has 0 bridgehead atoms. The van der Waals surface area contributed by atoms with Crippen molar-refractivity contribution in [3.8, 4) is 0 Å². The van der Waals surface area contributed by atoms with Crippen LogP contribution in [0.5, 0.6) is 0 Å². The number of methoxy groups -OCH3 is 1. The van der Waals surface area contributed by atoms with Gasteiger partial charge in [-0.15, -0.1) is 12.4 Å². The van der Waals surface area contributed by atoms with Crippen LogP contribution in [-0.2, 0) is 10.2 Å². The van der Waals surface area contributed by atoms with E-state index in [4.69, 9.17) is 10.1 Å². The number of hydrogen-bond acceptors (Lipinski definition) is 2. The van der Waals surface area contributed by atoms with Gasteiger partial charge in [-0.3, -0.25) is 5.41 Å². The zero-order valence-corrected chi connectivity index (χ0v) is 12.0. The van der Waals surface area contributed by atoms with Gasteiger partial charge in [-0.05, 0) is 25.3 Å². The van der Waals surface area contributed by atoms with Crippen molar-refractivity contribution in [2.75, 3.05) is 7.11 Å². The van der Waals surface area contributed by atoms with Crippen molar-refractivity contribution in [3.63, 3.8) is 0 Å². The number of benzene rings is 1. The molecule has 1 N–H and O–H groups in total. The highest BCUT2D eigenvalue weighted by Gasteiger charge is 2.36. The number of rotatable bonds is 3. The summed E-state index contributed by atoms with van der Waals surface area (Å²) < 4.78 is 5.07. The minimum absolute atomic E-state index is 0. The summed E-state index contributed by atoms with van der Waals surface area (Å²) in [5.41, 5.74) is 2.84. The Morgan fingerprint density at radius 2 is 2.00 bits per heavy atom. The van der Waals surface area contributed by atoms with Crippen molar-refractivity contribution in [3.05, 3.63) is 35.4 Å². The lowest BCUT2D eigenvalue weighted by atomic mass is 9.75. The third-order valence-corrected chi connectivity index (χ3v) is 3.94. The Kier molecular flexibility index (Phi) is 5.21. The highest BCUT2D eigenvalue weighted by Crippen LogP contribution is 2.44. The van der Waals surface area contributed by atoms with Gasteiger partial charge >= 0.3 is 0 Å². The van der Waals surface area contributed by atoms with Crippen LogP contribution < -0.4 is 0 Å². The van der Waals surface area contributed by atoms with Crippen LogP contribution in [0.15, 0.2) is 24.3 Å². The lowest BCUT2D eigenvalue weighted by Crippen LogP contribution is -2.26. The molecule has 0 atom stereocenters. The van der Waals surface area contributed by atoms with Crippen molar-refractivity contribution < 1.29 is 4.74 Å². The lowest BCUT2D eigenvalue weighted by Gasteiger charge is -2.29. The van der Waals surface area contributed by atoms with Gasteiger partial charge in [0.15, 0.2) is 5.90 Å². The van der Waals surface area contributed by atoms with E-state index >= 15 is 0 Å². The van der Waals surface area contributed by atoms with Crippen molar-refractivity contribution in [2.45, 2.75) is 44.4 Å². The van der Waals surface area contributed by atoms with Gasteiger partial charge in [0.2, 0.25) is 0 Å². The molecule has 100 valence electrons. The molecule has 1 aromatic carbocycles. The fourth-order valence-electron chi connectivity index (χ4n) is 2.97. The van der Waals surface area contributed by atoms with Crippen LogP contribution in [0, 0.1) is 12.3 Å². The van der Waals surface area contributed by atoms with E-state index in [0.29, 0.717) is 5.90 Å². The van der Waals surface area contributed by atoms with Crippen LogP contribution in [0.25, 0.3) is 0 Å². The van der Waals surface area contributed by atoms with E-state index in [-0.39, 0.29) is 17.8 Å². The molecule has 0 spiro atoms. The predicted molar refractivity (Wildman–Crippen MR) is 77.9 cm³/mol. The molecule has 3 heteroatoms. The smallest absolute Gasteiger partial charge is 0.180 e. The van der Waals surface area contributed by atoms with Gasteiger partial charge in [0.1, 0.15) is 0 Å². The summed E-state index contributed by atoms with van der Waals surface area (Å²) in [6, 6.07) is 8.74. The molecule has 0 heterocycles. The van der Waals surface area contributed by atoms with Crippen molar-refractivity contribution >= 4 is 18.3 Å². The number of nitrogens with one attached hydrogen (secondary N) is 1. The Morgan fingerprint density at radius 3 is 2.56 bits per heavy atom. The van der Waals surface area contributed by atoms with Gasteiger partial charge in [0.25, 0.3) is 0 Å². The Labute approximate surface area is 116 Å². The Balaban J connectivity index is 0.00000162. The second kappa shape index (κ2) is 6.24. The fourth-order valence-corrected chi connectivity index (χ4v) is 2.97. The maximum absolute atomic E-state index is 7.81. The maximum Gasteiger partial charge on any atom is 0.180 e. The number of hydrogen-bond donors (Lipinski definition) is 1. The Bertz CT molecular complexity index is 411. The van der Waals surface area contributed by atoms with Crippen molar-refractivity contribution in [1.29, 1.82) is 5.41 Å². The third-order valence-electron chi connectivity index (χ3n) is 3.94. The van der Waals surface area contributed by atoms with Gasteiger partial charge in [0.05, 0.1) is 7.11 Å². The van der Waals surface area contributed by atoms with E-state index in [1.165, 1.54) is 36.8 Å². The molecular weight excluding hydrogens is 246 g/mol. The molecule has 0 aliphatic heterocycles. The first-order valence-electron chi connectivity index (χ1n) is 6.35. The first-order chi connectivity index (χ1) is 8.16. The van der Waals surface area contributed by atoms with E-state index in [9.17, 15) is 0 Å². The Morgan fingerprint density at radius 1 is 1.33 bits per heavy atom. The average Bonchev–Trinajstić information content (AvgIpc) is 2.79. The first kappa shape index (κ1) is 15.0. The van der Waals surface area contributed by atoms with Crippen molar-refractivity contribution in [2.24, 2.45) is 0 Å². The van der Waals surface area contributed by atoms with Gasteiger partial charge in [-0.1, -0.05) is 42.7 Å². The normalized spacial score (nSPS) is 17.0. The van der Waals surface area contributed by atoms with Gasteiger partial charge in [-0.2, -0.15) is 0 Å². The number of halogens is 1. The van der Waals surface area contributed by atoms with E-state index < -0.39 is 0 Å². The predicted octanol–water partition coefficient (Wildman–Crippen LogP) is 4.24. The maximum atomic E-state index is 7.81. The van der Waals surface area contributed by atoms with Gasteiger partial charge in [0, 0.05) is 11.8 Å². The van der Waals surface area contributed by atoms with E-state index in [1.807, 2.05) is 0 Å². The summed E-state index contributed by atoms with van der Waals surface area (Å²) in [5, 5.41) is 7.81. The van der Waals surface area contributed by atoms with E-state index in [2.05, 4.69) is 31.2 Å². The zero-order chi connectivity index (χ0) is 12.3. The largest absolute Gasteiger partial charge is 0.484 e. The van der Waals surface area contributed by atoms with Crippen LogP contribution in [-0.4, -0.2) is 13.0 Å². The first-order valence-corrected chi connectivity index (χ1v) is 6.35. The highest BCUT2D eigenvalue weighted by molar-refractivity contribution is 5.85. The molecule has 1 fully saturated rings. The molecule has 0 saturated heterocycles. The molecule has 1 aliphatic rings. The van der Waals surface area contributed by atoms with Crippen molar-refractivity contribution in [1.82, 2.24) is 0 Å². The molecule has 1 aromatic rings. The summed E-state index contributed by atoms with van der Waals surface area (Å²) >= 11 is 0. The van der Waals surface area contributed by atoms with Crippen LogP contribution in [0.1, 0.15) is 43.2 Å². The summed E-state index contributed by atoms with van der Waals surface area (Å²) in [6.45, 7) is 2.13. The van der Waals surface area contributed by atoms with E-state index in [1.54, 1.807) is 7.11 Å². The number of aryl methyl sites for hydroxylation is 1. The van der Waals surface area contributed by atoms with Crippen LogP contribution in [0.4, 0.5) is 0 Å². The zero-order valence-electron chi connectivity index (χ0n) is 11.2. The fraction of sp³-hybridized carbons (Fsp3) is 0.533. The summed E-state index contributed by atoms with van der Waals surface area (Å²) in [5.74, 6) is 0.411. The summed E-state index contributed by atoms with van der Waals surface area (Å²) in [7, 11) is 1.60. The summed E-state index contributed by atoms with van der Waals surface area (Å²) in [6.07, 6.45) is 5.65. The molecule has 18 heavy (non-hydrogen) atoms. The number of ether oxygens (including phenoxy) is 1. The molecule has 0 amide bonds. The molecule has 0 unspecified atom stereocenters. The summed E-state index contributed by atoms with van der Waals surface area (Å²) in [4.78, 5) is 0. The molecule has 2 nitrogen and oxygen atoms in total. The monoisotopic (exact) mass is 267 g/mol. The SMILES string of the molecule is COC(=N)CC1(c2cccc(C)c2)CCCC1.Cl. The van der Waals surface area contributed by atoms with Gasteiger partial charge in [-0.25, -0.2) is 0 Å². The second-order valence-corrected chi connectivity index (χ2v) is 5.16. The quantitative estimate of drug-likeness (QED) is 0.645. The topological polar surface area (TPSA) is 33.1 Å². The molecule has 1 aliphatic carbocycles. The van der Waals surface area contributed by atoms with Gasteiger partial charge < -0.3 is 4.74 Å². The molecular formula is C15H22ClNO. The molecule has 0 aromatic heterocycles. The third kappa shape index (κ3) is 3.05.